The van der Waals surface area contributed by atoms with Crippen molar-refractivity contribution in [2.24, 2.45) is 0 Å². The van der Waals surface area contributed by atoms with E-state index in [2.05, 4.69) is 13.5 Å². The minimum Gasteiger partial charge on any atom is -0.396 e. The number of unbranched alkanes of at least 4 members (excludes halogenated alkanes) is 1. The summed E-state index contributed by atoms with van der Waals surface area (Å²) in [5.41, 5.74) is 0. The van der Waals surface area contributed by atoms with Crippen molar-refractivity contribution in [3.05, 3.63) is 12.8 Å². The first-order valence-corrected chi connectivity index (χ1v) is 2.67. The van der Waals surface area contributed by atoms with Gasteiger partial charge in [-0.2, -0.15) is 0 Å². The van der Waals surface area contributed by atoms with Crippen molar-refractivity contribution >= 4 is 0 Å². The molecule has 2 nitrogen and oxygen atoms in total. The summed E-state index contributed by atoms with van der Waals surface area (Å²) in [5, 5.41) is 16.8. The zero-order chi connectivity index (χ0) is 6.83. The number of hydrogen-bond donors (Lipinski definition) is 1. The molecule has 0 fully saturated rings. The fourth-order valence-electron chi connectivity index (χ4n) is 0.158. The highest BCUT2D eigenvalue weighted by atomic mass is 16.3. The lowest BCUT2D eigenvalue weighted by molar-refractivity contribution is 0.287. The van der Waals surface area contributed by atoms with E-state index in [1.54, 1.807) is 0 Å². The van der Waals surface area contributed by atoms with Crippen LogP contribution in [0.2, 0.25) is 0 Å². The molecule has 0 aromatic rings. The van der Waals surface area contributed by atoms with E-state index >= 15 is 0 Å². The Hall–Kier alpha value is -0.500. The summed E-state index contributed by atoms with van der Waals surface area (Å²) < 4.78 is 0. The zero-order valence-electron chi connectivity index (χ0n) is 5.26. The fourth-order valence-corrected chi connectivity index (χ4v) is 0.158. The molecule has 0 atom stereocenters. The molecule has 1 radical (unpaired) electrons. The van der Waals surface area contributed by atoms with E-state index < -0.39 is 0 Å². The smallest absolute Gasteiger partial charge is 0.135 e. The van der Waals surface area contributed by atoms with Gasteiger partial charge in [0.25, 0.3) is 0 Å². The van der Waals surface area contributed by atoms with E-state index in [0.717, 1.165) is 12.8 Å². The lowest BCUT2D eigenvalue weighted by atomic mass is 10.4. The number of aliphatic hydroxyl groups is 1. The molecule has 0 aliphatic rings. The Morgan fingerprint density at radius 3 is 2.12 bits per heavy atom. The van der Waals surface area contributed by atoms with Gasteiger partial charge in [0.2, 0.25) is 0 Å². The highest BCUT2D eigenvalue weighted by Gasteiger charge is 1.69. The molecule has 0 saturated carbocycles. The first-order chi connectivity index (χ1) is 3.83. The van der Waals surface area contributed by atoms with Gasteiger partial charge in [0.05, 0.1) is 0 Å². The standard InChI is InChI=1S/C4H10O.C2H3O/c1-2-3-4-5;1-2-3/h5H,2-4H2,1H3;2H,1H2. The van der Waals surface area contributed by atoms with Crippen molar-refractivity contribution < 1.29 is 10.2 Å². The summed E-state index contributed by atoms with van der Waals surface area (Å²) >= 11 is 0. The van der Waals surface area contributed by atoms with Crippen LogP contribution in [0.4, 0.5) is 0 Å². The summed E-state index contributed by atoms with van der Waals surface area (Å²) in [6, 6.07) is 0. The van der Waals surface area contributed by atoms with Gasteiger partial charge < -0.3 is 5.11 Å². The van der Waals surface area contributed by atoms with Gasteiger partial charge in [-0.15, -0.1) is 0 Å². The van der Waals surface area contributed by atoms with Crippen molar-refractivity contribution in [1.29, 1.82) is 0 Å². The molecule has 0 rings (SSSR count). The van der Waals surface area contributed by atoms with Gasteiger partial charge >= 0.3 is 0 Å². The van der Waals surface area contributed by atoms with Gasteiger partial charge in [0.1, 0.15) is 6.26 Å². The Bertz CT molecular complexity index is 33.5. The maximum Gasteiger partial charge on any atom is 0.135 e. The third kappa shape index (κ3) is 49.5. The molecule has 0 aliphatic carbocycles. The summed E-state index contributed by atoms with van der Waals surface area (Å²) in [5.74, 6) is 0. The fraction of sp³-hybridized carbons (Fsp3) is 0.667. The largest absolute Gasteiger partial charge is 0.396 e. The molecular formula is C6H13O2. The molecule has 0 spiro atoms. The van der Waals surface area contributed by atoms with Crippen LogP contribution in [0.5, 0.6) is 0 Å². The van der Waals surface area contributed by atoms with Gasteiger partial charge in [-0.25, -0.2) is 0 Å². The highest BCUT2D eigenvalue weighted by Crippen LogP contribution is 1.78. The highest BCUT2D eigenvalue weighted by molar-refractivity contribution is 4.37. The minimum absolute atomic E-state index is 0.344. The summed E-state index contributed by atoms with van der Waals surface area (Å²) in [4.78, 5) is 0. The zero-order valence-corrected chi connectivity index (χ0v) is 5.26. The molecule has 0 aliphatic heterocycles. The summed E-state index contributed by atoms with van der Waals surface area (Å²) in [6.07, 6.45) is 2.54. The first-order valence-electron chi connectivity index (χ1n) is 2.67. The lowest BCUT2D eigenvalue weighted by Crippen LogP contribution is -1.75. The van der Waals surface area contributed by atoms with E-state index in [9.17, 15) is 0 Å². The third-order valence-corrected chi connectivity index (χ3v) is 0.512. The molecule has 1 N–H and O–H groups in total. The van der Waals surface area contributed by atoms with Crippen molar-refractivity contribution in [3.63, 3.8) is 0 Å². The van der Waals surface area contributed by atoms with Gasteiger partial charge in [0, 0.05) is 6.61 Å². The third-order valence-electron chi connectivity index (χ3n) is 0.512. The minimum atomic E-state index is 0.344. The van der Waals surface area contributed by atoms with Gasteiger partial charge in [-0.1, -0.05) is 19.9 Å². The molecule has 0 bridgehead atoms. The van der Waals surface area contributed by atoms with Crippen molar-refractivity contribution in [2.75, 3.05) is 6.61 Å². The van der Waals surface area contributed by atoms with E-state index in [1.807, 2.05) is 0 Å². The molecule has 0 saturated heterocycles. The van der Waals surface area contributed by atoms with Crippen LogP contribution in [-0.2, 0) is 5.11 Å². The molecule has 2 heteroatoms. The molecule has 0 heterocycles. The number of rotatable bonds is 2. The molecule has 0 aromatic carbocycles. The lowest BCUT2D eigenvalue weighted by Gasteiger charge is -1.79. The predicted octanol–water partition coefficient (Wildman–Crippen LogP) is 1.34. The Morgan fingerprint density at radius 2 is 2.12 bits per heavy atom. The predicted molar refractivity (Wildman–Crippen MR) is 32.9 cm³/mol. The molecule has 0 aromatic heterocycles. The maximum atomic E-state index is 8.69. The summed E-state index contributed by atoms with van der Waals surface area (Å²) in [6.45, 7) is 5.20. The van der Waals surface area contributed by atoms with Crippen LogP contribution in [0.25, 0.3) is 0 Å². The van der Waals surface area contributed by atoms with Crippen LogP contribution in [0.3, 0.4) is 0 Å². The van der Waals surface area contributed by atoms with Crippen LogP contribution in [0, 0.1) is 0 Å². The molecule has 0 unspecified atom stereocenters. The van der Waals surface area contributed by atoms with Crippen LogP contribution in [0.15, 0.2) is 12.8 Å². The Morgan fingerprint density at radius 1 is 1.75 bits per heavy atom. The molecule has 8 heavy (non-hydrogen) atoms. The molecular weight excluding hydrogens is 104 g/mol. The van der Waals surface area contributed by atoms with E-state index in [1.165, 1.54) is 0 Å². The van der Waals surface area contributed by atoms with Crippen molar-refractivity contribution in [2.45, 2.75) is 19.8 Å². The Balaban J connectivity index is 0. The topological polar surface area (TPSA) is 40.1 Å². The van der Waals surface area contributed by atoms with E-state index in [0.29, 0.717) is 12.9 Å². The molecule has 0 amide bonds. The second-order valence-electron chi connectivity index (χ2n) is 1.24. The second-order valence-corrected chi connectivity index (χ2v) is 1.24. The van der Waals surface area contributed by atoms with Crippen LogP contribution in [-0.4, -0.2) is 11.7 Å². The average molecular weight is 117 g/mol. The average Bonchev–Trinajstić information content (AvgIpc) is 1.71. The maximum absolute atomic E-state index is 8.69. The van der Waals surface area contributed by atoms with E-state index in [4.69, 9.17) is 10.2 Å². The van der Waals surface area contributed by atoms with Crippen LogP contribution in [0.1, 0.15) is 19.8 Å². The number of aliphatic hydroxyl groups excluding tert-OH is 1. The van der Waals surface area contributed by atoms with Gasteiger partial charge in [-0.05, 0) is 6.42 Å². The Labute approximate surface area is 50.5 Å². The second kappa shape index (κ2) is 16.1. The Kier molecular flexibility index (Phi) is 21.0. The van der Waals surface area contributed by atoms with E-state index in [-0.39, 0.29) is 0 Å². The normalized spacial score (nSPS) is 6.75. The van der Waals surface area contributed by atoms with Crippen LogP contribution >= 0.6 is 0 Å². The monoisotopic (exact) mass is 117 g/mol. The quantitative estimate of drug-likeness (QED) is 0.545. The van der Waals surface area contributed by atoms with Crippen molar-refractivity contribution in [3.8, 4) is 0 Å². The summed E-state index contributed by atoms with van der Waals surface area (Å²) in [7, 11) is 0. The van der Waals surface area contributed by atoms with Gasteiger partial charge in [-0.3, -0.25) is 5.11 Å². The number of hydrogen-bond acceptors (Lipinski definition) is 1. The van der Waals surface area contributed by atoms with Gasteiger partial charge in [0.15, 0.2) is 0 Å². The first kappa shape index (κ1) is 10.5. The van der Waals surface area contributed by atoms with Crippen LogP contribution < -0.4 is 0 Å². The molecule has 49 valence electrons. The van der Waals surface area contributed by atoms with Crippen molar-refractivity contribution in [1.82, 2.24) is 0 Å². The SMILES string of the molecule is C=C[O].CCCCO.